The van der Waals surface area contributed by atoms with Gasteiger partial charge in [0.2, 0.25) is 5.91 Å². The first-order chi connectivity index (χ1) is 12.0. The number of rotatable bonds is 11. The SMILES string of the molecule is CC#CCC(C)[C@@H](O)/C=C/[C@H]1CCC(=O)N1CCCCCCC(=O)O. The number of aliphatic hydroxyl groups excluding tert-OH is 1. The summed E-state index contributed by atoms with van der Waals surface area (Å²) in [6, 6.07) is 0.0608. The van der Waals surface area contributed by atoms with Crippen LogP contribution in [0.25, 0.3) is 0 Å². The fraction of sp³-hybridized carbons (Fsp3) is 0.700. The molecule has 0 aromatic carbocycles. The van der Waals surface area contributed by atoms with Gasteiger partial charge in [0.1, 0.15) is 0 Å². The average molecular weight is 349 g/mol. The number of amides is 1. The van der Waals surface area contributed by atoms with Gasteiger partial charge in [-0.05, 0) is 32.1 Å². The maximum absolute atomic E-state index is 12.0. The van der Waals surface area contributed by atoms with Crippen LogP contribution in [0.15, 0.2) is 12.2 Å². The second-order valence-electron chi connectivity index (χ2n) is 6.73. The molecule has 5 heteroatoms. The molecule has 25 heavy (non-hydrogen) atoms. The zero-order chi connectivity index (χ0) is 18.7. The average Bonchev–Trinajstić information content (AvgIpc) is 2.93. The molecule has 1 amide bonds. The van der Waals surface area contributed by atoms with Gasteiger partial charge in [-0.15, -0.1) is 11.8 Å². The molecule has 0 aliphatic carbocycles. The van der Waals surface area contributed by atoms with Crippen LogP contribution in [0.5, 0.6) is 0 Å². The minimum Gasteiger partial charge on any atom is -0.481 e. The van der Waals surface area contributed by atoms with Crippen molar-refractivity contribution in [2.24, 2.45) is 5.92 Å². The van der Waals surface area contributed by atoms with Crippen LogP contribution in [0.3, 0.4) is 0 Å². The zero-order valence-corrected chi connectivity index (χ0v) is 15.4. The monoisotopic (exact) mass is 349 g/mol. The largest absolute Gasteiger partial charge is 0.481 e. The predicted molar refractivity (Wildman–Crippen MR) is 97.8 cm³/mol. The van der Waals surface area contributed by atoms with Gasteiger partial charge in [-0.3, -0.25) is 9.59 Å². The lowest BCUT2D eigenvalue weighted by atomic mass is 10.00. The minimum atomic E-state index is -0.752. The number of carbonyl (C=O) groups is 2. The van der Waals surface area contributed by atoms with Gasteiger partial charge in [-0.1, -0.05) is 31.9 Å². The molecule has 140 valence electrons. The van der Waals surface area contributed by atoms with Crippen molar-refractivity contribution in [2.45, 2.75) is 77.4 Å². The number of aliphatic carboxylic acids is 1. The molecule has 3 atom stereocenters. The Balaban J connectivity index is 2.39. The number of aliphatic hydroxyl groups is 1. The van der Waals surface area contributed by atoms with Crippen molar-refractivity contribution >= 4 is 11.9 Å². The smallest absolute Gasteiger partial charge is 0.303 e. The number of hydrogen-bond donors (Lipinski definition) is 2. The highest BCUT2D eigenvalue weighted by molar-refractivity contribution is 5.79. The van der Waals surface area contributed by atoms with Crippen LogP contribution in [0.1, 0.15) is 65.2 Å². The van der Waals surface area contributed by atoms with Gasteiger partial charge in [0.15, 0.2) is 0 Å². The fourth-order valence-corrected chi connectivity index (χ4v) is 2.97. The Morgan fingerprint density at radius 3 is 2.76 bits per heavy atom. The second kappa shape index (κ2) is 11.7. The van der Waals surface area contributed by atoms with Gasteiger partial charge in [0, 0.05) is 25.8 Å². The summed E-state index contributed by atoms with van der Waals surface area (Å²) in [6.07, 6.45) is 8.82. The molecule has 0 aromatic heterocycles. The van der Waals surface area contributed by atoms with Crippen LogP contribution in [0.2, 0.25) is 0 Å². The van der Waals surface area contributed by atoms with E-state index < -0.39 is 12.1 Å². The molecule has 0 radical (unpaired) electrons. The van der Waals surface area contributed by atoms with Crippen molar-refractivity contribution in [3.63, 3.8) is 0 Å². The first-order valence-corrected chi connectivity index (χ1v) is 9.23. The number of carbonyl (C=O) groups excluding carboxylic acids is 1. The number of likely N-dealkylation sites (tertiary alicyclic amines) is 1. The van der Waals surface area contributed by atoms with Crippen LogP contribution in [0.4, 0.5) is 0 Å². The normalized spacial score (nSPS) is 19.7. The van der Waals surface area contributed by atoms with Gasteiger partial charge in [0.05, 0.1) is 12.1 Å². The van der Waals surface area contributed by atoms with E-state index in [9.17, 15) is 14.7 Å². The molecule has 1 heterocycles. The number of unbranched alkanes of at least 4 members (excludes halogenated alkanes) is 3. The van der Waals surface area contributed by atoms with Crippen molar-refractivity contribution in [1.29, 1.82) is 0 Å². The van der Waals surface area contributed by atoms with Gasteiger partial charge in [0.25, 0.3) is 0 Å². The van der Waals surface area contributed by atoms with Crippen LogP contribution in [-0.2, 0) is 9.59 Å². The Bertz CT molecular complexity index is 518. The summed E-state index contributed by atoms with van der Waals surface area (Å²) in [5.74, 6) is 5.30. The van der Waals surface area contributed by atoms with Crippen molar-refractivity contribution in [1.82, 2.24) is 4.90 Å². The molecule has 1 rings (SSSR count). The lowest BCUT2D eigenvalue weighted by Gasteiger charge is -2.23. The molecule has 0 spiro atoms. The van der Waals surface area contributed by atoms with E-state index in [1.165, 1.54) is 0 Å². The molecule has 1 saturated heterocycles. The number of hydrogen-bond acceptors (Lipinski definition) is 3. The first-order valence-electron chi connectivity index (χ1n) is 9.23. The Labute approximate surface area is 151 Å². The van der Waals surface area contributed by atoms with Gasteiger partial charge >= 0.3 is 5.97 Å². The quantitative estimate of drug-likeness (QED) is 0.341. The molecule has 0 bridgehead atoms. The van der Waals surface area contributed by atoms with Crippen molar-refractivity contribution < 1.29 is 19.8 Å². The minimum absolute atomic E-state index is 0.0608. The third-order valence-corrected chi connectivity index (χ3v) is 4.63. The second-order valence-corrected chi connectivity index (χ2v) is 6.73. The molecule has 5 nitrogen and oxygen atoms in total. The lowest BCUT2D eigenvalue weighted by molar-refractivity contribution is -0.137. The van der Waals surface area contributed by atoms with Crippen LogP contribution in [-0.4, -0.2) is 45.7 Å². The summed E-state index contributed by atoms with van der Waals surface area (Å²) >= 11 is 0. The molecular weight excluding hydrogens is 318 g/mol. The number of carboxylic acid groups (broad SMARTS) is 1. The van der Waals surface area contributed by atoms with Crippen molar-refractivity contribution in [3.05, 3.63) is 12.2 Å². The van der Waals surface area contributed by atoms with Crippen molar-refractivity contribution in [3.8, 4) is 11.8 Å². The van der Waals surface area contributed by atoms with E-state index in [2.05, 4.69) is 11.8 Å². The third kappa shape index (κ3) is 8.22. The fourth-order valence-electron chi connectivity index (χ4n) is 2.97. The maximum Gasteiger partial charge on any atom is 0.303 e. The summed E-state index contributed by atoms with van der Waals surface area (Å²) in [4.78, 5) is 24.4. The topological polar surface area (TPSA) is 77.8 Å². The predicted octanol–water partition coefficient (Wildman–Crippen LogP) is 2.98. The molecular formula is C20H31NO4. The summed E-state index contributed by atoms with van der Waals surface area (Å²) in [7, 11) is 0. The Kier molecular flexibility index (Phi) is 9.94. The Morgan fingerprint density at radius 2 is 2.08 bits per heavy atom. The Hall–Kier alpha value is -1.80. The van der Waals surface area contributed by atoms with Crippen LogP contribution in [0, 0.1) is 17.8 Å². The molecule has 1 aliphatic heterocycles. The summed E-state index contributed by atoms with van der Waals surface area (Å²) in [6.45, 7) is 4.46. The molecule has 1 aliphatic rings. The van der Waals surface area contributed by atoms with Crippen molar-refractivity contribution in [2.75, 3.05) is 6.54 Å². The summed E-state index contributed by atoms with van der Waals surface area (Å²) < 4.78 is 0. The van der Waals surface area contributed by atoms with Gasteiger partial charge < -0.3 is 15.1 Å². The Morgan fingerprint density at radius 1 is 1.36 bits per heavy atom. The van der Waals surface area contributed by atoms with E-state index in [0.29, 0.717) is 25.8 Å². The number of carboxylic acids is 1. The molecule has 1 fully saturated rings. The maximum atomic E-state index is 12.0. The summed E-state index contributed by atoms with van der Waals surface area (Å²) in [5.41, 5.74) is 0. The van der Waals surface area contributed by atoms with E-state index in [-0.39, 0.29) is 24.3 Å². The van der Waals surface area contributed by atoms with Gasteiger partial charge in [-0.2, -0.15) is 0 Å². The highest BCUT2D eigenvalue weighted by Crippen LogP contribution is 2.21. The molecule has 2 N–H and O–H groups in total. The van der Waals surface area contributed by atoms with E-state index in [1.54, 1.807) is 13.0 Å². The van der Waals surface area contributed by atoms with E-state index in [4.69, 9.17) is 5.11 Å². The number of nitrogens with zero attached hydrogens (tertiary/aromatic N) is 1. The van der Waals surface area contributed by atoms with Crippen LogP contribution >= 0.6 is 0 Å². The summed E-state index contributed by atoms with van der Waals surface area (Å²) in [5, 5.41) is 18.8. The van der Waals surface area contributed by atoms with Gasteiger partial charge in [-0.25, -0.2) is 0 Å². The zero-order valence-electron chi connectivity index (χ0n) is 15.4. The molecule has 0 aromatic rings. The van der Waals surface area contributed by atoms with Crippen LogP contribution < -0.4 is 0 Å². The standard InChI is InChI=1S/C20H31NO4/c1-3-4-9-16(2)18(22)13-11-17-12-14-19(23)21(17)15-8-6-5-7-10-20(24)25/h11,13,16-18,22H,5-10,12,14-15H2,1-2H3,(H,24,25)/b13-11+/t16?,17-,18-/m0/s1. The molecule has 1 unspecified atom stereocenters. The van der Waals surface area contributed by atoms with E-state index in [1.807, 2.05) is 17.9 Å². The molecule has 0 saturated carbocycles. The van der Waals surface area contributed by atoms with E-state index in [0.717, 1.165) is 25.7 Å². The third-order valence-electron chi connectivity index (χ3n) is 4.63. The van der Waals surface area contributed by atoms with E-state index >= 15 is 0 Å². The highest BCUT2D eigenvalue weighted by atomic mass is 16.4. The first kappa shape index (κ1) is 21.2. The highest BCUT2D eigenvalue weighted by Gasteiger charge is 2.28. The lowest BCUT2D eigenvalue weighted by Crippen LogP contribution is -2.33.